The Morgan fingerprint density at radius 3 is 2.37 bits per heavy atom. The van der Waals surface area contributed by atoms with Crippen molar-refractivity contribution in [2.45, 2.75) is 19.3 Å². The number of benzene rings is 1. The first-order chi connectivity index (χ1) is 8.81. The minimum Gasteiger partial charge on any atom is -0.406 e. The molecule has 1 amide bonds. The standard InChI is InChI=1S/C12H14F3NO3/c1-8(7-18-2)16-11(17)9-3-5-10(6-4-9)19-12(13,14)15/h3-6,8H,7H2,1-2H3,(H,16,17). The maximum Gasteiger partial charge on any atom is 0.573 e. The van der Waals surface area contributed by atoms with Crippen LogP contribution in [0.4, 0.5) is 13.2 Å². The molecule has 0 saturated heterocycles. The van der Waals surface area contributed by atoms with E-state index in [9.17, 15) is 18.0 Å². The summed E-state index contributed by atoms with van der Waals surface area (Å²) >= 11 is 0. The number of ether oxygens (including phenoxy) is 2. The van der Waals surface area contributed by atoms with Gasteiger partial charge < -0.3 is 14.8 Å². The highest BCUT2D eigenvalue weighted by atomic mass is 19.4. The predicted molar refractivity (Wildman–Crippen MR) is 61.9 cm³/mol. The topological polar surface area (TPSA) is 47.6 Å². The zero-order valence-corrected chi connectivity index (χ0v) is 10.5. The van der Waals surface area contributed by atoms with Gasteiger partial charge in [0, 0.05) is 18.7 Å². The molecule has 1 aromatic carbocycles. The molecule has 0 radical (unpaired) electrons. The van der Waals surface area contributed by atoms with Crippen LogP contribution in [0.15, 0.2) is 24.3 Å². The van der Waals surface area contributed by atoms with Crippen LogP contribution >= 0.6 is 0 Å². The van der Waals surface area contributed by atoms with Crippen LogP contribution < -0.4 is 10.1 Å². The summed E-state index contributed by atoms with van der Waals surface area (Å²) < 4.78 is 44.4. The fourth-order valence-electron chi connectivity index (χ4n) is 1.41. The third-order valence-electron chi connectivity index (χ3n) is 2.14. The van der Waals surface area contributed by atoms with Crippen LogP contribution in [0.1, 0.15) is 17.3 Å². The van der Waals surface area contributed by atoms with Crippen molar-refractivity contribution in [2.24, 2.45) is 0 Å². The Balaban J connectivity index is 2.63. The molecule has 0 fully saturated rings. The first kappa shape index (κ1) is 15.3. The summed E-state index contributed by atoms with van der Waals surface area (Å²) in [5.41, 5.74) is 0.248. The van der Waals surface area contributed by atoms with Crippen molar-refractivity contribution in [1.82, 2.24) is 5.32 Å². The summed E-state index contributed by atoms with van der Waals surface area (Å²) in [5.74, 6) is -0.753. The summed E-state index contributed by atoms with van der Waals surface area (Å²) in [6.07, 6.45) is -4.74. The van der Waals surface area contributed by atoms with Crippen molar-refractivity contribution in [3.05, 3.63) is 29.8 Å². The van der Waals surface area contributed by atoms with Gasteiger partial charge in [-0.15, -0.1) is 13.2 Å². The molecule has 0 aliphatic carbocycles. The molecule has 1 unspecified atom stereocenters. The predicted octanol–water partition coefficient (Wildman–Crippen LogP) is 2.35. The molecule has 19 heavy (non-hydrogen) atoms. The molecule has 1 N–H and O–H groups in total. The van der Waals surface area contributed by atoms with Crippen LogP contribution in [0.3, 0.4) is 0 Å². The molecule has 4 nitrogen and oxygen atoms in total. The molecule has 0 spiro atoms. The molecule has 0 bridgehead atoms. The minimum atomic E-state index is -4.74. The van der Waals surface area contributed by atoms with E-state index >= 15 is 0 Å². The summed E-state index contributed by atoms with van der Waals surface area (Å²) in [6, 6.07) is 4.50. The van der Waals surface area contributed by atoms with E-state index in [0.29, 0.717) is 6.61 Å². The highest BCUT2D eigenvalue weighted by Crippen LogP contribution is 2.22. The number of hydrogen-bond acceptors (Lipinski definition) is 3. The first-order valence-electron chi connectivity index (χ1n) is 5.47. The van der Waals surface area contributed by atoms with Crippen molar-refractivity contribution < 1.29 is 27.4 Å². The van der Waals surface area contributed by atoms with Gasteiger partial charge in [0.2, 0.25) is 0 Å². The average molecular weight is 277 g/mol. The number of hydrogen-bond donors (Lipinski definition) is 1. The number of alkyl halides is 3. The summed E-state index contributed by atoms with van der Waals surface area (Å²) in [4.78, 5) is 11.7. The molecule has 1 rings (SSSR count). The van der Waals surface area contributed by atoms with Gasteiger partial charge in [-0.05, 0) is 31.2 Å². The first-order valence-corrected chi connectivity index (χ1v) is 5.47. The van der Waals surface area contributed by atoms with Crippen molar-refractivity contribution >= 4 is 5.91 Å². The maximum absolute atomic E-state index is 11.9. The average Bonchev–Trinajstić information content (AvgIpc) is 2.27. The Hall–Kier alpha value is -1.76. The van der Waals surface area contributed by atoms with E-state index in [1.807, 2.05) is 0 Å². The fourth-order valence-corrected chi connectivity index (χ4v) is 1.41. The summed E-state index contributed by atoms with van der Waals surface area (Å²) in [7, 11) is 1.51. The third kappa shape index (κ3) is 5.60. The van der Waals surface area contributed by atoms with Gasteiger partial charge in [-0.1, -0.05) is 0 Å². The Morgan fingerprint density at radius 2 is 1.89 bits per heavy atom. The van der Waals surface area contributed by atoms with Gasteiger partial charge in [0.15, 0.2) is 0 Å². The molecule has 0 aliphatic heterocycles. The lowest BCUT2D eigenvalue weighted by Gasteiger charge is -2.13. The highest BCUT2D eigenvalue weighted by molar-refractivity contribution is 5.94. The number of methoxy groups -OCH3 is 1. The zero-order chi connectivity index (χ0) is 14.5. The highest BCUT2D eigenvalue weighted by Gasteiger charge is 2.31. The molecular weight excluding hydrogens is 263 g/mol. The van der Waals surface area contributed by atoms with Gasteiger partial charge >= 0.3 is 6.36 Å². The van der Waals surface area contributed by atoms with Gasteiger partial charge in [0.05, 0.1) is 6.61 Å². The molecule has 1 aromatic rings. The second-order valence-electron chi connectivity index (χ2n) is 3.90. The Labute approximate surface area is 108 Å². The van der Waals surface area contributed by atoms with E-state index in [2.05, 4.69) is 10.1 Å². The van der Waals surface area contributed by atoms with Crippen molar-refractivity contribution in [2.75, 3.05) is 13.7 Å². The Morgan fingerprint density at radius 1 is 1.32 bits per heavy atom. The monoisotopic (exact) mass is 277 g/mol. The second-order valence-corrected chi connectivity index (χ2v) is 3.90. The molecule has 1 atom stereocenters. The number of nitrogens with one attached hydrogen (secondary N) is 1. The van der Waals surface area contributed by atoms with Crippen molar-refractivity contribution in [1.29, 1.82) is 0 Å². The van der Waals surface area contributed by atoms with Crippen LogP contribution in [0.2, 0.25) is 0 Å². The van der Waals surface area contributed by atoms with Crippen molar-refractivity contribution in [3.63, 3.8) is 0 Å². The van der Waals surface area contributed by atoms with Gasteiger partial charge in [-0.3, -0.25) is 4.79 Å². The molecular formula is C12H14F3NO3. The van der Waals surface area contributed by atoms with E-state index in [1.165, 1.54) is 19.2 Å². The van der Waals surface area contributed by atoms with Gasteiger partial charge in [0.25, 0.3) is 5.91 Å². The van der Waals surface area contributed by atoms with Gasteiger partial charge in [-0.2, -0.15) is 0 Å². The fraction of sp³-hybridized carbons (Fsp3) is 0.417. The SMILES string of the molecule is COCC(C)NC(=O)c1ccc(OC(F)(F)F)cc1. The van der Waals surface area contributed by atoms with E-state index in [4.69, 9.17) is 4.74 Å². The van der Waals surface area contributed by atoms with Crippen LogP contribution in [-0.4, -0.2) is 32.0 Å². The van der Waals surface area contributed by atoms with Crippen LogP contribution in [-0.2, 0) is 4.74 Å². The number of halogens is 3. The second kappa shape index (κ2) is 6.42. The third-order valence-corrected chi connectivity index (χ3v) is 2.14. The van der Waals surface area contributed by atoms with E-state index in [0.717, 1.165) is 12.1 Å². The maximum atomic E-state index is 11.9. The lowest BCUT2D eigenvalue weighted by molar-refractivity contribution is -0.274. The van der Waals surface area contributed by atoms with E-state index in [1.54, 1.807) is 6.92 Å². The zero-order valence-electron chi connectivity index (χ0n) is 10.5. The molecule has 7 heteroatoms. The van der Waals surface area contributed by atoms with E-state index in [-0.39, 0.29) is 23.3 Å². The van der Waals surface area contributed by atoms with Crippen molar-refractivity contribution in [3.8, 4) is 5.75 Å². The number of rotatable bonds is 5. The quantitative estimate of drug-likeness (QED) is 0.898. The van der Waals surface area contributed by atoms with Crippen LogP contribution in [0.25, 0.3) is 0 Å². The number of carbonyl (C=O) groups is 1. The number of carbonyl (C=O) groups excluding carboxylic acids is 1. The lowest BCUT2D eigenvalue weighted by atomic mass is 10.2. The lowest BCUT2D eigenvalue weighted by Crippen LogP contribution is -2.35. The summed E-state index contributed by atoms with van der Waals surface area (Å²) in [6.45, 7) is 2.10. The van der Waals surface area contributed by atoms with Crippen LogP contribution in [0.5, 0.6) is 5.75 Å². The molecule has 0 heterocycles. The normalized spacial score (nSPS) is 12.9. The van der Waals surface area contributed by atoms with Gasteiger partial charge in [-0.25, -0.2) is 0 Å². The Bertz CT molecular complexity index is 417. The minimum absolute atomic E-state index is 0.191. The molecule has 106 valence electrons. The van der Waals surface area contributed by atoms with Gasteiger partial charge in [0.1, 0.15) is 5.75 Å². The largest absolute Gasteiger partial charge is 0.573 e. The Kier molecular flexibility index (Phi) is 5.17. The summed E-state index contributed by atoms with van der Waals surface area (Å²) in [5, 5.41) is 2.64. The smallest absolute Gasteiger partial charge is 0.406 e. The van der Waals surface area contributed by atoms with E-state index < -0.39 is 6.36 Å². The molecule has 0 saturated carbocycles. The van der Waals surface area contributed by atoms with Crippen LogP contribution in [0, 0.1) is 0 Å². The molecule has 0 aromatic heterocycles. The number of amides is 1. The molecule has 0 aliphatic rings.